The molecule has 4 rings (SSSR count). The summed E-state index contributed by atoms with van der Waals surface area (Å²) in [6.45, 7) is 1.91. The van der Waals surface area contributed by atoms with Gasteiger partial charge in [-0.1, -0.05) is 0 Å². The molecule has 0 saturated carbocycles. The van der Waals surface area contributed by atoms with Gasteiger partial charge < -0.3 is 9.88 Å². The second-order valence-electron chi connectivity index (χ2n) is 5.60. The Labute approximate surface area is 133 Å². The van der Waals surface area contributed by atoms with E-state index in [-0.39, 0.29) is 5.82 Å². The van der Waals surface area contributed by atoms with Crippen LogP contribution in [0.3, 0.4) is 0 Å². The summed E-state index contributed by atoms with van der Waals surface area (Å²) in [5.74, 6) is -0.253. The van der Waals surface area contributed by atoms with Gasteiger partial charge in [0, 0.05) is 24.3 Å². The lowest BCUT2D eigenvalue weighted by Crippen LogP contribution is -2.13. The minimum atomic E-state index is -0.253. The van der Waals surface area contributed by atoms with E-state index in [1.807, 2.05) is 12.4 Å². The number of hydrogen-bond acceptors (Lipinski definition) is 4. The van der Waals surface area contributed by atoms with E-state index in [0.717, 1.165) is 42.2 Å². The summed E-state index contributed by atoms with van der Waals surface area (Å²) >= 11 is 0. The quantitative estimate of drug-likeness (QED) is 0.808. The van der Waals surface area contributed by atoms with Gasteiger partial charge >= 0.3 is 0 Å². The highest BCUT2D eigenvalue weighted by atomic mass is 19.1. The molecule has 0 spiro atoms. The van der Waals surface area contributed by atoms with Crippen molar-refractivity contribution in [2.75, 3.05) is 13.1 Å². The fraction of sp³-hybridized carbons (Fsp3) is 0.235. The van der Waals surface area contributed by atoms with E-state index >= 15 is 0 Å². The zero-order valence-corrected chi connectivity index (χ0v) is 12.5. The molecule has 1 aromatic carbocycles. The first kappa shape index (κ1) is 14.0. The molecule has 1 aliphatic heterocycles. The number of hydrogen-bond donors (Lipinski definition) is 1. The number of aromatic nitrogens is 4. The van der Waals surface area contributed by atoms with Crippen LogP contribution in [0, 0.1) is 5.82 Å². The van der Waals surface area contributed by atoms with Gasteiger partial charge in [-0.05, 0) is 43.3 Å². The number of nitrogens with zero attached hydrogens (tertiary/aromatic N) is 4. The largest absolute Gasteiger partial charge is 0.324 e. The maximum Gasteiger partial charge on any atom is 0.123 e. The molecule has 0 bridgehead atoms. The summed E-state index contributed by atoms with van der Waals surface area (Å²) in [6.07, 6.45) is 6.17. The summed E-state index contributed by atoms with van der Waals surface area (Å²) < 4.78 is 15.4. The van der Waals surface area contributed by atoms with E-state index in [1.54, 1.807) is 18.3 Å². The lowest BCUT2D eigenvalue weighted by atomic mass is 10.1. The molecule has 3 aromatic rings. The lowest BCUT2D eigenvalue weighted by molar-refractivity contribution is 0.551. The van der Waals surface area contributed by atoms with Gasteiger partial charge in [0.15, 0.2) is 0 Å². The molecule has 1 N–H and O–H groups in total. The Balaban J connectivity index is 1.87. The van der Waals surface area contributed by atoms with E-state index in [1.165, 1.54) is 18.5 Å². The SMILES string of the molecule is Fc1ccc(-c2ncn(C3CCNC3)c2-c2ccncn2)cc1. The molecule has 23 heavy (non-hydrogen) atoms. The Morgan fingerprint density at radius 2 is 2.00 bits per heavy atom. The van der Waals surface area contributed by atoms with Crippen molar-refractivity contribution in [1.82, 2.24) is 24.8 Å². The first-order valence-electron chi connectivity index (χ1n) is 7.63. The zero-order chi connectivity index (χ0) is 15.6. The topological polar surface area (TPSA) is 55.6 Å². The van der Waals surface area contributed by atoms with Gasteiger partial charge in [-0.15, -0.1) is 0 Å². The Morgan fingerprint density at radius 3 is 2.70 bits per heavy atom. The van der Waals surface area contributed by atoms with Crippen LogP contribution in [0.15, 0.2) is 49.2 Å². The first-order chi connectivity index (χ1) is 11.3. The van der Waals surface area contributed by atoms with Crippen LogP contribution < -0.4 is 5.32 Å². The highest BCUT2D eigenvalue weighted by Gasteiger charge is 2.23. The van der Waals surface area contributed by atoms with Crippen molar-refractivity contribution in [3.63, 3.8) is 0 Å². The van der Waals surface area contributed by atoms with Crippen LogP contribution in [0.4, 0.5) is 4.39 Å². The van der Waals surface area contributed by atoms with Crippen molar-refractivity contribution >= 4 is 0 Å². The maximum atomic E-state index is 13.2. The number of benzene rings is 1. The van der Waals surface area contributed by atoms with Gasteiger partial charge in [-0.3, -0.25) is 0 Å². The molecule has 1 saturated heterocycles. The number of imidazole rings is 1. The van der Waals surface area contributed by atoms with Gasteiger partial charge in [0.05, 0.1) is 23.4 Å². The third-order valence-electron chi connectivity index (χ3n) is 4.16. The van der Waals surface area contributed by atoms with Crippen molar-refractivity contribution in [2.24, 2.45) is 0 Å². The van der Waals surface area contributed by atoms with Crippen LogP contribution in [-0.4, -0.2) is 32.6 Å². The molecule has 1 atom stereocenters. The summed E-state index contributed by atoms with van der Waals surface area (Å²) in [5, 5.41) is 3.38. The summed E-state index contributed by atoms with van der Waals surface area (Å²) in [6, 6.07) is 8.63. The molecule has 5 nitrogen and oxygen atoms in total. The molecule has 6 heteroatoms. The number of rotatable bonds is 3. The monoisotopic (exact) mass is 309 g/mol. The van der Waals surface area contributed by atoms with E-state index < -0.39 is 0 Å². The van der Waals surface area contributed by atoms with Crippen LogP contribution in [0.25, 0.3) is 22.6 Å². The molecule has 116 valence electrons. The molecule has 3 heterocycles. The molecule has 0 aliphatic carbocycles. The minimum Gasteiger partial charge on any atom is -0.324 e. The number of nitrogens with one attached hydrogen (secondary N) is 1. The first-order valence-corrected chi connectivity index (χ1v) is 7.63. The van der Waals surface area contributed by atoms with E-state index in [0.29, 0.717) is 6.04 Å². The second-order valence-corrected chi connectivity index (χ2v) is 5.60. The number of halogens is 1. The molecule has 0 amide bonds. The smallest absolute Gasteiger partial charge is 0.123 e. The maximum absolute atomic E-state index is 13.2. The highest BCUT2D eigenvalue weighted by Crippen LogP contribution is 2.33. The molecule has 2 aromatic heterocycles. The zero-order valence-electron chi connectivity index (χ0n) is 12.5. The van der Waals surface area contributed by atoms with Crippen molar-refractivity contribution in [3.8, 4) is 22.6 Å². The van der Waals surface area contributed by atoms with Crippen LogP contribution >= 0.6 is 0 Å². The summed E-state index contributed by atoms with van der Waals surface area (Å²) in [4.78, 5) is 13.0. The predicted octanol–water partition coefficient (Wildman–Crippen LogP) is 2.68. The lowest BCUT2D eigenvalue weighted by Gasteiger charge is -2.15. The molecule has 1 aliphatic rings. The normalized spacial score (nSPS) is 17.5. The van der Waals surface area contributed by atoms with Gasteiger partial charge in [0.2, 0.25) is 0 Å². The molecule has 1 unspecified atom stereocenters. The van der Waals surface area contributed by atoms with Crippen molar-refractivity contribution in [2.45, 2.75) is 12.5 Å². The van der Waals surface area contributed by atoms with Crippen LogP contribution in [0.1, 0.15) is 12.5 Å². The van der Waals surface area contributed by atoms with Gasteiger partial charge in [-0.2, -0.15) is 0 Å². The fourth-order valence-corrected chi connectivity index (χ4v) is 3.02. The Morgan fingerprint density at radius 1 is 1.13 bits per heavy atom. The van der Waals surface area contributed by atoms with Crippen LogP contribution in [0.5, 0.6) is 0 Å². The van der Waals surface area contributed by atoms with Crippen molar-refractivity contribution in [3.05, 3.63) is 55.0 Å². The summed E-state index contributed by atoms with van der Waals surface area (Å²) in [7, 11) is 0. The predicted molar refractivity (Wildman–Crippen MR) is 85.2 cm³/mol. The van der Waals surface area contributed by atoms with Crippen molar-refractivity contribution in [1.29, 1.82) is 0 Å². The molecular formula is C17H16FN5. The highest BCUT2D eigenvalue weighted by molar-refractivity contribution is 5.76. The molecule has 1 fully saturated rings. The molecular weight excluding hydrogens is 293 g/mol. The summed E-state index contributed by atoms with van der Waals surface area (Å²) in [5.41, 5.74) is 3.47. The second kappa shape index (κ2) is 5.89. The van der Waals surface area contributed by atoms with Crippen LogP contribution in [-0.2, 0) is 0 Å². The average Bonchev–Trinajstić information content (AvgIpc) is 3.25. The third-order valence-corrected chi connectivity index (χ3v) is 4.16. The van der Waals surface area contributed by atoms with E-state index in [9.17, 15) is 4.39 Å². The standard InChI is InChI=1S/C17H16FN5/c18-13-3-1-12(2-4-13)16-17(15-6-8-20-10-21-15)23(11-22-16)14-5-7-19-9-14/h1-4,6,8,10-11,14,19H,5,7,9H2. The third kappa shape index (κ3) is 2.61. The average molecular weight is 309 g/mol. The Bertz CT molecular complexity index is 792. The van der Waals surface area contributed by atoms with Crippen LogP contribution in [0.2, 0.25) is 0 Å². The Hall–Kier alpha value is -2.60. The van der Waals surface area contributed by atoms with Crippen molar-refractivity contribution < 1.29 is 4.39 Å². The van der Waals surface area contributed by atoms with E-state index in [4.69, 9.17) is 0 Å². The minimum absolute atomic E-state index is 0.253. The Kier molecular flexibility index (Phi) is 3.59. The van der Waals surface area contributed by atoms with E-state index in [2.05, 4.69) is 24.8 Å². The fourth-order valence-electron chi connectivity index (χ4n) is 3.02. The van der Waals surface area contributed by atoms with Gasteiger partial charge in [0.25, 0.3) is 0 Å². The van der Waals surface area contributed by atoms with Gasteiger partial charge in [0.1, 0.15) is 12.1 Å². The van der Waals surface area contributed by atoms with Gasteiger partial charge in [-0.25, -0.2) is 19.3 Å². The molecule has 0 radical (unpaired) electrons.